The van der Waals surface area contributed by atoms with E-state index in [4.69, 9.17) is 4.74 Å². The summed E-state index contributed by atoms with van der Waals surface area (Å²) in [7, 11) is 1.91. The van der Waals surface area contributed by atoms with Crippen molar-refractivity contribution < 1.29 is 13.2 Å². The summed E-state index contributed by atoms with van der Waals surface area (Å²) in [5.74, 6) is 3.00. The molecule has 8 nitrogen and oxygen atoms in total. The summed E-state index contributed by atoms with van der Waals surface area (Å²) in [5, 5.41) is 0. The largest absolute Gasteiger partial charge is 0.497 e. The second kappa shape index (κ2) is 7.69. The van der Waals surface area contributed by atoms with E-state index in [1.165, 1.54) is 4.31 Å². The van der Waals surface area contributed by atoms with Crippen molar-refractivity contribution in [3.8, 4) is 5.75 Å². The summed E-state index contributed by atoms with van der Waals surface area (Å²) in [6.45, 7) is 3.85. The van der Waals surface area contributed by atoms with Crippen molar-refractivity contribution >= 4 is 21.7 Å². The number of rotatable bonds is 5. The smallest absolute Gasteiger partial charge is 0.243 e. The summed E-state index contributed by atoms with van der Waals surface area (Å²) in [6.07, 6.45) is 0. The van der Waals surface area contributed by atoms with E-state index in [-0.39, 0.29) is 4.90 Å². The summed E-state index contributed by atoms with van der Waals surface area (Å²) >= 11 is 0. The van der Waals surface area contributed by atoms with Gasteiger partial charge in [-0.1, -0.05) is 0 Å². The van der Waals surface area contributed by atoms with Gasteiger partial charge < -0.3 is 14.5 Å². The summed E-state index contributed by atoms with van der Waals surface area (Å²) in [6, 6.07) is 8.42. The van der Waals surface area contributed by atoms with Crippen LogP contribution in [0.2, 0.25) is 0 Å². The highest BCUT2D eigenvalue weighted by Gasteiger charge is 2.29. The van der Waals surface area contributed by atoms with Gasteiger partial charge in [0.1, 0.15) is 23.2 Å². The summed E-state index contributed by atoms with van der Waals surface area (Å²) in [4.78, 5) is 13.2. The standard InChI is InChI=1S/C18H25N5O3S/c1-14-19-17(21(2)3)13-18(20-14)22-9-11-23(12-10-22)27(24,25)16-7-5-15(26-4)6-8-16/h5-8,13H,9-12H2,1-4H3. The van der Waals surface area contributed by atoms with Gasteiger partial charge in [-0.2, -0.15) is 4.31 Å². The normalized spacial score (nSPS) is 15.6. The second-order valence-corrected chi connectivity index (χ2v) is 8.53. The zero-order chi connectivity index (χ0) is 19.6. The molecule has 1 aromatic carbocycles. The summed E-state index contributed by atoms with van der Waals surface area (Å²) < 4.78 is 32.3. The van der Waals surface area contributed by atoms with Crippen molar-refractivity contribution in [2.24, 2.45) is 0 Å². The highest BCUT2D eigenvalue weighted by atomic mass is 32.2. The molecule has 9 heteroatoms. The number of hydrogen-bond acceptors (Lipinski definition) is 7. The van der Waals surface area contributed by atoms with Gasteiger partial charge in [0.05, 0.1) is 12.0 Å². The molecule has 1 aliphatic heterocycles. The van der Waals surface area contributed by atoms with Crippen LogP contribution in [0.3, 0.4) is 0 Å². The lowest BCUT2D eigenvalue weighted by Crippen LogP contribution is -2.49. The average molecular weight is 391 g/mol. The van der Waals surface area contributed by atoms with Crippen molar-refractivity contribution in [3.63, 3.8) is 0 Å². The van der Waals surface area contributed by atoms with E-state index in [1.807, 2.05) is 32.0 Å². The van der Waals surface area contributed by atoms with E-state index in [0.717, 1.165) is 11.6 Å². The molecule has 146 valence electrons. The Labute approximate surface area is 160 Å². The Balaban J connectivity index is 1.73. The molecule has 0 aliphatic carbocycles. The van der Waals surface area contributed by atoms with Crippen LogP contribution in [0.15, 0.2) is 35.2 Å². The Morgan fingerprint density at radius 1 is 1.04 bits per heavy atom. The molecule has 0 saturated carbocycles. The fraction of sp³-hybridized carbons (Fsp3) is 0.444. The van der Waals surface area contributed by atoms with E-state index in [1.54, 1.807) is 31.4 Å². The van der Waals surface area contributed by atoms with Gasteiger partial charge in [-0.3, -0.25) is 0 Å². The molecule has 0 N–H and O–H groups in total. The van der Waals surface area contributed by atoms with Gasteiger partial charge in [0.2, 0.25) is 10.0 Å². The number of benzene rings is 1. The van der Waals surface area contributed by atoms with Crippen LogP contribution in [-0.2, 0) is 10.0 Å². The van der Waals surface area contributed by atoms with E-state index >= 15 is 0 Å². The minimum Gasteiger partial charge on any atom is -0.497 e. The maximum Gasteiger partial charge on any atom is 0.243 e. The average Bonchev–Trinajstić information content (AvgIpc) is 2.67. The molecule has 0 radical (unpaired) electrons. The first-order valence-corrected chi connectivity index (χ1v) is 10.2. The van der Waals surface area contributed by atoms with Crippen molar-refractivity contribution in [2.45, 2.75) is 11.8 Å². The maximum absolute atomic E-state index is 12.9. The van der Waals surface area contributed by atoms with Crippen molar-refractivity contribution in [1.29, 1.82) is 0 Å². The number of piperazine rings is 1. The topological polar surface area (TPSA) is 78.9 Å². The van der Waals surface area contributed by atoms with Crippen LogP contribution in [0.4, 0.5) is 11.6 Å². The third-order valence-electron chi connectivity index (χ3n) is 4.53. The maximum atomic E-state index is 12.9. The Bertz CT molecular complexity index is 892. The van der Waals surface area contributed by atoms with Gasteiger partial charge in [0.15, 0.2) is 0 Å². The molecular weight excluding hydrogens is 366 g/mol. The molecule has 0 unspecified atom stereocenters. The Morgan fingerprint density at radius 2 is 1.67 bits per heavy atom. The lowest BCUT2D eigenvalue weighted by molar-refractivity contribution is 0.383. The quantitative estimate of drug-likeness (QED) is 0.762. The Morgan fingerprint density at radius 3 is 2.22 bits per heavy atom. The number of ether oxygens (including phenoxy) is 1. The fourth-order valence-electron chi connectivity index (χ4n) is 2.98. The second-order valence-electron chi connectivity index (χ2n) is 6.59. The predicted octanol–water partition coefficient (Wildman–Crippen LogP) is 1.37. The van der Waals surface area contributed by atoms with E-state index < -0.39 is 10.0 Å². The number of sulfonamides is 1. The molecule has 0 bridgehead atoms. The third-order valence-corrected chi connectivity index (χ3v) is 6.44. The van der Waals surface area contributed by atoms with E-state index in [9.17, 15) is 8.42 Å². The molecule has 2 heterocycles. The Hall–Kier alpha value is -2.39. The van der Waals surface area contributed by atoms with E-state index in [2.05, 4.69) is 14.9 Å². The molecule has 3 rings (SSSR count). The summed E-state index contributed by atoms with van der Waals surface area (Å²) in [5.41, 5.74) is 0. The van der Waals surface area contributed by atoms with Gasteiger partial charge in [-0.05, 0) is 31.2 Å². The molecular formula is C18H25N5O3S. The van der Waals surface area contributed by atoms with E-state index in [0.29, 0.717) is 37.8 Å². The predicted molar refractivity (Wildman–Crippen MR) is 105 cm³/mol. The van der Waals surface area contributed by atoms with Crippen LogP contribution in [-0.4, -0.2) is 70.1 Å². The number of nitrogens with zero attached hydrogens (tertiary/aromatic N) is 5. The van der Waals surface area contributed by atoms with Gasteiger partial charge >= 0.3 is 0 Å². The van der Waals surface area contributed by atoms with Gasteiger partial charge in [0, 0.05) is 46.3 Å². The minimum absolute atomic E-state index is 0.282. The minimum atomic E-state index is -3.51. The van der Waals surface area contributed by atoms with Crippen molar-refractivity contribution in [3.05, 3.63) is 36.2 Å². The highest BCUT2D eigenvalue weighted by molar-refractivity contribution is 7.89. The molecule has 1 aromatic heterocycles. The van der Waals surface area contributed by atoms with Gasteiger partial charge in [-0.15, -0.1) is 0 Å². The van der Waals surface area contributed by atoms with Crippen molar-refractivity contribution in [2.75, 3.05) is 57.2 Å². The molecule has 1 aliphatic rings. The van der Waals surface area contributed by atoms with Gasteiger partial charge in [-0.25, -0.2) is 18.4 Å². The highest BCUT2D eigenvalue weighted by Crippen LogP contribution is 2.23. The van der Waals surface area contributed by atoms with Crippen LogP contribution >= 0.6 is 0 Å². The van der Waals surface area contributed by atoms with Crippen LogP contribution in [0.1, 0.15) is 5.82 Å². The third kappa shape index (κ3) is 4.14. The molecule has 0 atom stereocenters. The van der Waals surface area contributed by atoms with Crippen LogP contribution < -0.4 is 14.5 Å². The molecule has 27 heavy (non-hydrogen) atoms. The monoisotopic (exact) mass is 391 g/mol. The van der Waals surface area contributed by atoms with Crippen LogP contribution in [0, 0.1) is 6.92 Å². The number of aromatic nitrogens is 2. The zero-order valence-electron chi connectivity index (χ0n) is 16.1. The molecule has 2 aromatic rings. The van der Waals surface area contributed by atoms with Crippen molar-refractivity contribution in [1.82, 2.24) is 14.3 Å². The lowest BCUT2D eigenvalue weighted by atomic mass is 10.3. The first-order chi connectivity index (χ1) is 12.8. The van der Waals surface area contributed by atoms with Gasteiger partial charge in [0.25, 0.3) is 0 Å². The SMILES string of the molecule is COc1ccc(S(=O)(=O)N2CCN(c3cc(N(C)C)nc(C)n3)CC2)cc1. The first-order valence-electron chi connectivity index (χ1n) is 8.73. The van der Waals surface area contributed by atoms with Crippen LogP contribution in [0.25, 0.3) is 0 Å². The molecule has 0 amide bonds. The molecule has 0 spiro atoms. The number of hydrogen-bond donors (Lipinski definition) is 0. The number of anilines is 2. The number of methoxy groups -OCH3 is 1. The zero-order valence-corrected chi connectivity index (χ0v) is 16.9. The Kier molecular flexibility index (Phi) is 5.52. The fourth-order valence-corrected chi connectivity index (χ4v) is 4.40. The first kappa shape index (κ1) is 19.4. The number of aryl methyl sites for hydroxylation is 1. The molecule has 1 fully saturated rings. The molecule has 1 saturated heterocycles. The lowest BCUT2D eigenvalue weighted by Gasteiger charge is -2.35. The van der Waals surface area contributed by atoms with Crippen LogP contribution in [0.5, 0.6) is 5.75 Å².